The Kier molecular flexibility index (Phi) is 4.09. The predicted molar refractivity (Wildman–Crippen MR) is 81.4 cm³/mol. The van der Waals surface area contributed by atoms with E-state index in [1.165, 1.54) is 18.4 Å². The van der Waals surface area contributed by atoms with Crippen molar-refractivity contribution in [3.05, 3.63) is 47.5 Å². The van der Waals surface area contributed by atoms with Gasteiger partial charge in [-0.15, -0.1) is 0 Å². The van der Waals surface area contributed by atoms with Crippen LogP contribution in [-0.4, -0.2) is 24.9 Å². The first-order valence-corrected chi connectivity index (χ1v) is 8.22. The second-order valence-corrected chi connectivity index (χ2v) is 6.94. The van der Waals surface area contributed by atoms with Crippen LogP contribution in [0.1, 0.15) is 11.1 Å². The molecule has 6 heteroatoms. The van der Waals surface area contributed by atoms with Crippen molar-refractivity contribution in [3.63, 3.8) is 0 Å². The Hall–Kier alpha value is -2.21. The second-order valence-electron chi connectivity index (χ2n) is 4.93. The number of hydrogen-bond donors (Lipinski definition) is 3. The number of phenolic OH excluding ortho intramolecular Hbond substituents is 2. The van der Waals surface area contributed by atoms with Crippen LogP contribution in [0.25, 0.3) is 0 Å². The lowest BCUT2D eigenvalue weighted by Gasteiger charge is -2.11. The summed E-state index contributed by atoms with van der Waals surface area (Å²) >= 11 is 0. The van der Waals surface area contributed by atoms with E-state index >= 15 is 0 Å². The molecule has 0 spiro atoms. The summed E-state index contributed by atoms with van der Waals surface area (Å²) < 4.78 is 23.1. The third kappa shape index (κ3) is 3.66. The van der Waals surface area contributed by atoms with E-state index in [1.54, 1.807) is 24.3 Å². The fraction of sp³-hybridized carbons (Fsp3) is 0.200. The van der Waals surface area contributed by atoms with Gasteiger partial charge in [-0.3, -0.25) is 0 Å². The summed E-state index contributed by atoms with van der Waals surface area (Å²) in [7, 11) is -3.25. The molecule has 0 aliphatic rings. The van der Waals surface area contributed by atoms with Crippen molar-refractivity contribution in [1.82, 2.24) is 0 Å². The first kappa shape index (κ1) is 15.2. The molecule has 0 amide bonds. The lowest BCUT2D eigenvalue weighted by atomic mass is 10.1. The number of sulfone groups is 1. The van der Waals surface area contributed by atoms with Gasteiger partial charge < -0.3 is 15.5 Å². The van der Waals surface area contributed by atoms with E-state index in [-0.39, 0.29) is 16.4 Å². The number of benzene rings is 2. The molecule has 0 unspecified atom stereocenters. The summed E-state index contributed by atoms with van der Waals surface area (Å²) in [6.45, 7) is 2.28. The molecule has 21 heavy (non-hydrogen) atoms. The Morgan fingerprint density at radius 1 is 1.05 bits per heavy atom. The SMILES string of the molecule is Cc1ccc(S(C)(=O)=O)cc1NCc1ccc(O)c(O)c1. The van der Waals surface area contributed by atoms with Crippen LogP contribution in [0.3, 0.4) is 0 Å². The molecule has 0 aliphatic heterocycles. The molecule has 2 aromatic carbocycles. The van der Waals surface area contributed by atoms with Gasteiger partial charge in [0.15, 0.2) is 21.3 Å². The molecule has 2 aromatic rings. The van der Waals surface area contributed by atoms with Crippen LogP contribution in [0.4, 0.5) is 5.69 Å². The molecule has 112 valence electrons. The Morgan fingerprint density at radius 3 is 2.38 bits per heavy atom. The highest BCUT2D eigenvalue weighted by Crippen LogP contribution is 2.26. The average Bonchev–Trinajstić information content (AvgIpc) is 2.40. The predicted octanol–water partition coefficient (Wildman–Crippen LogP) is 2.42. The Morgan fingerprint density at radius 2 is 1.76 bits per heavy atom. The van der Waals surface area contributed by atoms with Crippen molar-refractivity contribution in [2.75, 3.05) is 11.6 Å². The average molecular weight is 307 g/mol. The summed E-state index contributed by atoms with van der Waals surface area (Å²) in [4.78, 5) is 0.254. The molecule has 2 rings (SSSR count). The summed E-state index contributed by atoms with van der Waals surface area (Å²) in [5.41, 5.74) is 2.41. The number of aromatic hydroxyl groups is 2. The number of anilines is 1. The van der Waals surface area contributed by atoms with Crippen molar-refractivity contribution in [1.29, 1.82) is 0 Å². The molecule has 0 bridgehead atoms. The fourth-order valence-electron chi connectivity index (χ4n) is 1.90. The molecular formula is C15H17NO4S. The minimum atomic E-state index is -3.25. The molecule has 0 atom stereocenters. The molecule has 0 saturated heterocycles. The zero-order chi connectivity index (χ0) is 15.6. The van der Waals surface area contributed by atoms with Gasteiger partial charge in [-0.25, -0.2) is 8.42 Å². The van der Waals surface area contributed by atoms with Gasteiger partial charge in [0.25, 0.3) is 0 Å². The van der Waals surface area contributed by atoms with Crippen LogP contribution in [-0.2, 0) is 16.4 Å². The molecule has 0 saturated carbocycles. The highest BCUT2D eigenvalue weighted by atomic mass is 32.2. The van der Waals surface area contributed by atoms with Crippen LogP contribution >= 0.6 is 0 Å². The maximum Gasteiger partial charge on any atom is 0.175 e. The largest absolute Gasteiger partial charge is 0.504 e. The number of rotatable bonds is 4. The fourth-order valence-corrected chi connectivity index (χ4v) is 2.55. The lowest BCUT2D eigenvalue weighted by molar-refractivity contribution is 0.403. The Bertz CT molecular complexity index is 769. The van der Waals surface area contributed by atoms with E-state index in [9.17, 15) is 18.6 Å². The van der Waals surface area contributed by atoms with Gasteiger partial charge in [0, 0.05) is 18.5 Å². The molecule has 0 aliphatic carbocycles. The van der Waals surface area contributed by atoms with Gasteiger partial charge in [0.1, 0.15) is 0 Å². The van der Waals surface area contributed by atoms with Crippen LogP contribution in [0.15, 0.2) is 41.3 Å². The molecule has 0 fully saturated rings. The monoisotopic (exact) mass is 307 g/mol. The van der Waals surface area contributed by atoms with E-state index < -0.39 is 9.84 Å². The molecule has 0 heterocycles. The standard InChI is InChI=1S/C15H17NO4S/c1-10-3-5-12(21(2,19)20)8-13(10)16-9-11-4-6-14(17)15(18)7-11/h3-8,16-18H,9H2,1-2H3. The molecule has 0 radical (unpaired) electrons. The zero-order valence-corrected chi connectivity index (χ0v) is 12.6. The van der Waals surface area contributed by atoms with E-state index in [4.69, 9.17) is 0 Å². The van der Waals surface area contributed by atoms with E-state index in [0.29, 0.717) is 12.2 Å². The number of aryl methyl sites for hydroxylation is 1. The smallest absolute Gasteiger partial charge is 0.175 e. The number of phenols is 2. The Labute approximate surface area is 123 Å². The summed E-state index contributed by atoms with van der Waals surface area (Å²) in [5.74, 6) is -0.357. The van der Waals surface area contributed by atoms with Crippen LogP contribution in [0.5, 0.6) is 11.5 Å². The van der Waals surface area contributed by atoms with Gasteiger partial charge in [0.05, 0.1) is 4.90 Å². The van der Waals surface area contributed by atoms with Gasteiger partial charge in [-0.1, -0.05) is 12.1 Å². The molecule has 5 nitrogen and oxygen atoms in total. The topological polar surface area (TPSA) is 86.6 Å². The molecule has 0 aromatic heterocycles. The number of nitrogens with one attached hydrogen (secondary N) is 1. The quantitative estimate of drug-likeness (QED) is 0.755. The minimum Gasteiger partial charge on any atom is -0.504 e. The van der Waals surface area contributed by atoms with Gasteiger partial charge in [-0.05, 0) is 42.3 Å². The maximum absolute atomic E-state index is 11.6. The summed E-state index contributed by atoms with van der Waals surface area (Å²) in [5, 5.41) is 21.8. The number of hydrogen-bond acceptors (Lipinski definition) is 5. The van der Waals surface area contributed by atoms with Crippen LogP contribution in [0, 0.1) is 6.92 Å². The molecular weight excluding hydrogens is 290 g/mol. The van der Waals surface area contributed by atoms with E-state index in [1.807, 2.05) is 6.92 Å². The zero-order valence-electron chi connectivity index (χ0n) is 11.8. The highest BCUT2D eigenvalue weighted by Gasteiger charge is 2.09. The van der Waals surface area contributed by atoms with Crippen molar-refractivity contribution in [3.8, 4) is 11.5 Å². The van der Waals surface area contributed by atoms with Crippen molar-refractivity contribution < 1.29 is 18.6 Å². The van der Waals surface area contributed by atoms with E-state index in [2.05, 4.69) is 5.32 Å². The van der Waals surface area contributed by atoms with E-state index in [0.717, 1.165) is 11.1 Å². The van der Waals surface area contributed by atoms with Gasteiger partial charge in [0.2, 0.25) is 0 Å². The third-order valence-corrected chi connectivity index (χ3v) is 4.27. The van der Waals surface area contributed by atoms with Crippen molar-refractivity contribution in [2.24, 2.45) is 0 Å². The van der Waals surface area contributed by atoms with Gasteiger partial charge in [-0.2, -0.15) is 0 Å². The first-order valence-electron chi connectivity index (χ1n) is 6.33. The summed E-state index contributed by atoms with van der Waals surface area (Å²) in [6, 6.07) is 9.45. The second kappa shape index (κ2) is 5.65. The Balaban J connectivity index is 2.21. The third-order valence-electron chi connectivity index (χ3n) is 3.16. The lowest BCUT2D eigenvalue weighted by Crippen LogP contribution is -2.03. The first-order chi connectivity index (χ1) is 9.77. The normalized spacial score (nSPS) is 11.3. The van der Waals surface area contributed by atoms with Crippen molar-refractivity contribution >= 4 is 15.5 Å². The van der Waals surface area contributed by atoms with Gasteiger partial charge >= 0.3 is 0 Å². The van der Waals surface area contributed by atoms with Crippen molar-refractivity contribution in [2.45, 2.75) is 18.4 Å². The molecule has 3 N–H and O–H groups in total. The van der Waals surface area contributed by atoms with Crippen LogP contribution in [0.2, 0.25) is 0 Å². The minimum absolute atomic E-state index is 0.172. The summed E-state index contributed by atoms with van der Waals surface area (Å²) in [6.07, 6.45) is 1.17. The van der Waals surface area contributed by atoms with Crippen LogP contribution < -0.4 is 5.32 Å². The maximum atomic E-state index is 11.6. The highest BCUT2D eigenvalue weighted by molar-refractivity contribution is 7.90.